The van der Waals surface area contributed by atoms with Gasteiger partial charge in [-0.3, -0.25) is 0 Å². The number of alkyl halides is 3. The van der Waals surface area contributed by atoms with Crippen molar-refractivity contribution in [2.45, 2.75) is 6.36 Å². The number of ether oxygens (including phenoxy) is 1. The van der Waals surface area contributed by atoms with E-state index in [-0.39, 0.29) is 16.4 Å². The van der Waals surface area contributed by atoms with Gasteiger partial charge in [-0.25, -0.2) is 0 Å². The summed E-state index contributed by atoms with van der Waals surface area (Å²) in [5, 5.41) is -0.0431. The molecule has 0 heterocycles. The Kier molecular flexibility index (Phi) is 2.66. The number of anilines is 2. The van der Waals surface area contributed by atoms with E-state index in [2.05, 4.69) is 4.74 Å². The fraction of sp³-hybridized carbons (Fsp3) is 0.143. The predicted molar refractivity (Wildman–Crippen MR) is 47.0 cm³/mol. The Bertz CT molecular complexity index is 354. The topological polar surface area (TPSA) is 61.3 Å². The van der Waals surface area contributed by atoms with Gasteiger partial charge in [0, 0.05) is 0 Å². The second-order valence-corrected chi connectivity index (χ2v) is 2.83. The van der Waals surface area contributed by atoms with Crippen LogP contribution >= 0.6 is 11.6 Å². The van der Waals surface area contributed by atoms with Gasteiger partial charge in [0.2, 0.25) is 0 Å². The van der Waals surface area contributed by atoms with Crippen molar-refractivity contribution in [3.8, 4) is 5.75 Å². The molecule has 0 spiro atoms. The summed E-state index contributed by atoms with van der Waals surface area (Å²) in [6.45, 7) is 0. The Hall–Kier alpha value is -1.30. The van der Waals surface area contributed by atoms with Crippen LogP contribution in [0.4, 0.5) is 24.5 Å². The molecule has 4 N–H and O–H groups in total. The Morgan fingerprint density at radius 1 is 1.21 bits per heavy atom. The largest absolute Gasteiger partial charge is 0.573 e. The van der Waals surface area contributed by atoms with Crippen LogP contribution in [-0.2, 0) is 0 Å². The quantitative estimate of drug-likeness (QED) is 0.723. The molecule has 0 aliphatic heterocycles. The molecule has 0 saturated heterocycles. The lowest BCUT2D eigenvalue weighted by Crippen LogP contribution is -2.19. The Morgan fingerprint density at radius 2 is 1.79 bits per heavy atom. The van der Waals surface area contributed by atoms with Crippen LogP contribution < -0.4 is 16.2 Å². The summed E-state index contributed by atoms with van der Waals surface area (Å²) >= 11 is 5.49. The smallest absolute Gasteiger partial charge is 0.401 e. The lowest BCUT2D eigenvalue weighted by Gasteiger charge is -2.13. The first-order chi connectivity index (χ1) is 6.31. The minimum atomic E-state index is -4.84. The fourth-order valence-corrected chi connectivity index (χ4v) is 0.971. The van der Waals surface area contributed by atoms with Crippen LogP contribution in [0.5, 0.6) is 5.75 Å². The van der Waals surface area contributed by atoms with Crippen LogP contribution in [0, 0.1) is 0 Å². The highest BCUT2D eigenvalue weighted by atomic mass is 35.5. The van der Waals surface area contributed by atoms with Crippen molar-refractivity contribution in [3.63, 3.8) is 0 Å². The number of hydrogen-bond acceptors (Lipinski definition) is 3. The Morgan fingerprint density at radius 3 is 2.29 bits per heavy atom. The van der Waals surface area contributed by atoms with Crippen molar-refractivity contribution in [3.05, 3.63) is 17.2 Å². The monoisotopic (exact) mass is 226 g/mol. The van der Waals surface area contributed by atoms with Gasteiger partial charge in [-0.1, -0.05) is 11.6 Å². The molecule has 7 heteroatoms. The van der Waals surface area contributed by atoms with Crippen LogP contribution in [0.25, 0.3) is 0 Å². The van der Waals surface area contributed by atoms with E-state index >= 15 is 0 Å². The van der Waals surface area contributed by atoms with Crippen LogP contribution in [0.3, 0.4) is 0 Å². The van der Waals surface area contributed by atoms with Gasteiger partial charge in [-0.05, 0) is 12.1 Å². The highest BCUT2D eigenvalue weighted by Gasteiger charge is 2.33. The van der Waals surface area contributed by atoms with Crippen molar-refractivity contribution in [2.24, 2.45) is 0 Å². The number of rotatable bonds is 1. The summed E-state index contributed by atoms with van der Waals surface area (Å²) in [6.07, 6.45) is -4.84. The zero-order chi connectivity index (χ0) is 10.9. The molecule has 0 atom stereocenters. The van der Waals surface area contributed by atoms with E-state index in [0.717, 1.165) is 0 Å². The lowest BCUT2D eigenvalue weighted by molar-refractivity contribution is -0.274. The average Bonchev–Trinajstić information content (AvgIpc) is 2.04. The van der Waals surface area contributed by atoms with Crippen molar-refractivity contribution in [1.82, 2.24) is 0 Å². The first-order valence-corrected chi connectivity index (χ1v) is 3.78. The molecule has 0 radical (unpaired) electrons. The molecule has 0 aliphatic carbocycles. The maximum Gasteiger partial charge on any atom is 0.573 e. The molecule has 1 aromatic carbocycles. The van der Waals surface area contributed by atoms with Crippen molar-refractivity contribution in [1.29, 1.82) is 0 Å². The molecule has 3 nitrogen and oxygen atoms in total. The van der Waals surface area contributed by atoms with E-state index in [1.54, 1.807) is 0 Å². The summed E-state index contributed by atoms with van der Waals surface area (Å²) in [4.78, 5) is 0. The van der Waals surface area contributed by atoms with Gasteiger partial charge in [-0.15, -0.1) is 13.2 Å². The third-order valence-corrected chi connectivity index (χ3v) is 1.72. The zero-order valence-corrected chi connectivity index (χ0v) is 7.49. The van der Waals surface area contributed by atoms with Crippen molar-refractivity contribution in [2.75, 3.05) is 11.5 Å². The summed E-state index contributed by atoms with van der Waals surface area (Å²) in [7, 11) is 0. The molecular weight excluding hydrogens is 221 g/mol. The van der Waals surface area contributed by atoms with Gasteiger partial charge in [0.1, 0.15) is 0 Å². The van der Waals surface area contributed by atoms with Gasteiger partial charge in [0.05, 0.1) is 16.4 Å². The number of benzene rings is 1. The molecule has 1 rings (SSSR count). The maximum atomic E-state index is 11.9. The van der Waals surface area contributed by atoms with Crippen LogP contribution in [0.2, 0.25) is 5.02 Å². The zero-order valence-electron chi connectivity index (χ0n) is 6.73. The van der Waals surface area contributed by atoms with Crippen LogP contribution in [-0.4, -0.2) is 6.36 Å². The van der Waals surface area contributed by atoms with Gasteiger partial charge in [0.25, 0.3) is 0 Å². The van der Waals surface area contributed by atoms with Gasteiger partial charge < -0.3 is 16.2 Å². The van der Waals surface area contributed by atoms with E-state index in [1.165, 1.54) is 12.1 Å². The maximum absolute atomic E-state index is 11.9. The highest BCUT2D eigenvalue weighted by molar-refractivity contribution is 6.33. The van der Waals surface area contributed by atoms with E-state index in [9.17, 15) is 13.2 Å². The summed E-state index contributed by atoms with van der Waals surface area (Å²) in [5.74, 6) is -0.662. The molecule has 0 amide bonds. The minimum Gasteiger partial charge on any atom is -0.401 e. The molecule has 0 saturated carbocycles. The normalized spacial score (nSPS) is 11.4. The molecular formula is C7H6ClF3N2O. The molecule has 78 valence electrons. The second kappa shape index (κ2) is 3.45. The molecule has 0 bridgehead atoms. The number of nitrogens with two attached hydrogens (primary N) is 2. The lowest BCUT2D eigenvalue weighted by atomic mass is 10.2. The van der Waals surface area contributed by atoms with Crippen LogP contribution in [0.1, 0.15) is 0 Å². The van der Waals surface area contributed by atoms with Gasteiger partial charge >= 0.3 is 6.36 Å². The predicted octanol–water partition coefficient (Wildman–Crippen LogP) is 2.40. The van der Waals surface area contributed by atoms with Crippen molar-refractivity contribution >= 4 is 23.0 Å². The molecule has 0 aromatic heterocycles. The average molecular weight is 227 g/mol. The molecule has 0 aliphatic rings. The number of hydrogen-bond donors (Lipinski definition) is 2. The van der Waals surface area contributed by atoms with Crippen molar-refractivity contribution < 1.29 is 17.9 Å². The SMILES string of the molecule is Nc1ccc(Cl)c(N)c1OC(F)(F)F. The third-order valence-electron chi connectivity index (χ3n) is 1.39. The van der Waals surface area contributed by atoms with E-state index in [0.29, 0.717) is 0 Å². The van der Waals surface area contributed by atoms with E-state index < -0.39 is 12.1 Å². The summed E-state index contributed by atoms with van der Waals surface area (Å²) in [6, 6.07) is 2.47. The van der Waals surface area contributed by atoms with Gasteiger partial charge in [-0.2, -0.15) is 0 Å². The number of halogens is 4. The molecule has 14 heavy (non-hydrogen) atoms. The Balaban J connectivity index is 3.13. The Labute approximate surface area is 82.4 Å². The molecule has 0 fully saturated rings. The second-order valence-electron chi connectivity index (χ2n) is 2.43. The summed E-state index contributed by atoms with van der Waals surface area (Å²) in [5.41, 5.74) is 9.94. The first-order valence-electron chi connectivity index (χ1n) is 3.40. The highest BCUT2D eigenvalue weighted by Crippen LogP contribution is 2.38. The van der Waals surface area contributed by atoms with E-state index in [4.69, 9.17) is 23.1 Å². The minimum absolute atomic E-state index is 0.0431. The standard InChI is InChI=1S/C7H6ClF3N2O/c8-3-1-2-4(12)6(5(3)13)14-7(9,10)11/h1-2H,12-13H2. The molecule has 1 aromatic rings. The molecule has 0 unspecified atom stereocenters. The third kappa shape index (κ3) is 2.35. The summed E-state index contributed by atoms with van der Waals surface area (Å²) < 4.78 is 39.2. The van der Waals surface area contributed by atoms with E-state index in [1.807, 2.05) is 0 Å². The van der Waals surface area contributed by atoms with Crippen LogP contribution in [0.15, 0.2) is 12.1 Å². The number of nitrogen functional groups attached to an aromatic ring is 2. The van der Waals surface area contributed by atoms with Gasteiger partial charge in [0.15, 0.2) is 5.75 Å². The fourth-order valence-electron chi connectivity index (χ4n) is 0.822. The first kappa shape index (κ1) is 10.8.